The van der Waals surface area contributed by atoms with Crippen molar-refractivity contribution in [3.05, 3.63) is 45.4 Å². The van der Waals surface area contributed by atoms with Gasteiger partial charge in [0.25, 0.3) is 0 Å². The average molecular weight is 346 g/mol. The normalized spacial score (nSPS) is 16.5. The van der Waals surface area contributed by atoms with Crippen molar-refractivity contribution in [3.8, 4) is 0 Å². The lowest BCUT2D eigenvalue weighted by molar-refractivity contribution is 0.127. The predicted molar refractivity (Wildman–Crippen MR) is 100 cm³/mol. The van der Waals surface area contributed by atoms with Gasteiger partial charge < -0.3 is 10.4 Å². The standard InChI is InChI=1S/C19H27N3OS/c1-14-19(24-15(2)21-14)11-20-18-6-4-3-5-17(18)12-22-9-7-16(13-23)8-10-22/h3-6,16,20,23H,7-13H2,1-2H3. The van der Waals surface area contributed by atoms with Crippen molar-refractivity contribution in [1.82, 2.24) is 9.88 Å². The lowest BCUT2D eigenvalue weighted by Crippen LogP contribution is -2.34. The van der Waals surface area contributed by atoms with Crippen molar-refractivity contribution in [1.29, 1.82) is 0 Å². The smallest absolute Gasteiger partial charge is 0.0900 e. The highest BCUT2D eigenvalue weighted by Crippen LogP contribution is 2.24. The van der Waals surface area contributed by atoms with E-state index in [4.69, 9.17) is 0 Å². The van der Waals surface area contributed by atoms with Crippen LogP contribution >= 0.6 is 11.3 Å². The van der Waals surface area contributed by atoms with Gasteiger partial charge in [0, 0.05) is 23.7 Å². The van der Waals surface area contributed by atoms with Crippen molar-refractivity contribution in [2.45, 2.75) is 39.8 Å². The van der Waals surface area contributed by atoms with Crippen LogP contribution in [0, 0.1) is 19.8 Å². The molecule has 130 valence electrons. The van der Waals surface area contributed by atoms with Crippen LogP contribution in [0.15, 0.2) is 24.3 Å². The Balaban J connectivity index is 1.62. The summed E-state index contributed by atoms with van der Waals surface area (Å²) in [4.78, 5) is 8.31. The van der Waals surface area contributed by atoms with Gasteiger partial charge in [0.2, 0.25) is 0 Å². The summed E-state index contributed by atoms with van der Waals surface area (Å²) in [5, 5.41) is 14.0. The number of thiazole rings is 1. The molecule has 2 aromatic rings. The van der Waals surface area contributed by atoms with Crippen molar-refractivity contribution < 1.29 is 5.11 Å². The fraction of sp³-hybridized carbons (Fsp3) is 0.526. The maximum Gasteiger partial charge on any atom is 0.0900 e. The molecule has 0 amide bonds. The Morgan fingerprint density at radius 1 is 1.25 bits per heavy atom. The first-order valence-corrected chi connectivity index (χ1v) is 9.55. The average Bonchev–Trinajstić information content (AvgIpc) is 2.92. The highest BCUT2D eigenvalue weighted by molar-refractivity contribution is 7.11. The van der Waals surface area contributed by atoms with Crippen LogP contribution in [0.3, 0.4) is 0 Å². The summed E-state index contributed by atoms with van der Waals surface area (Å²) >= 11 is 1.77. The number of aromatic nitrogens is 1. The minimum atomic E-state index is 0.333. The first-order chi connectivity index (χ1) is 11.7. The monoisotopic (exact) mass is 345 g/mol. The molecule has 2 heterocycles. The number of aryl methyl sites for hydroxylation is 2. The number of hydrogen-bond donors (Lipinski definition) is 2. The van der Waals surface area contributed by atoms with Gasteiger partial charge in [-0.3, -0.25) is 4.90 Å². The topological polar surface area (TPSA) is 48.4 Å². The van der Waals surface area contributed by atoms with E-state index in [0.717, 1.165) is 49.7 Å². The number of aliphatic hydroxyl groups excluding tert-OH is 1. The van der Waals surface area contributed by atoms with E-state index in [1.807, 2.05) is 0 Å². The van der Waals surface area contributed by atoms with E-state index in [1.165, 1.54) is 16.1 Å². The molecular formula is C19H27N3OS. The van der Waals surface area contributed by atoms with Crippen LogP contribution in [0.2, 0.25) is 0 Å². The Hall–Kier alpha value is -1.43. The molecule has 0 atom stereocenters. The SMILES string of the molecule is Cc1nc(C)c(CNc2ccccc2CN2CCC(CO)CC2)s1. The van der Waals surface area contributed by atoms with E-state index < -0.39 is 0 Å². The fourth-order valence-electron chi connectivity index (χ4n) is 3.31. The van der Waals surface area contributed by atoms with E-state index in [9.17, 15) is 5.11 Å². The molecule has 2 N–H and O–H groups in total. The van der Waals surface area contributed by atoms with Gasteiger partial charge in [-0.25, -0.2) is 4.98 Å². The quantitative estimate of drug-likeness (QED) is 0.840. The van der Waals surface area contributed by atoms with E-state index in [1.54, 1.807) is 11.3 Å². The molecule has 5 heteroatoms. The Kier molecular flexibility index (Phi) is 5.87. The molecule has 0 saturated carbocycles. The molecule has 24 heavy (non-hydrogen) atoms. The Morgan fingerprint density at radius 2 is 2.00 bits per heavy atom. The third-order valence-corrected chi connectivity index (χ3v) is 5.89. The largest absolute Gasteiger partial charge is 0.396 e. The van der Waals surface area contributed by atoms with Crippen molar-refractivity contribution >= 4 is 17.0 Å². The second-order valence-corrected chi connectivity index (χ2v) is 7.94. The number of hydrogen-bond acceptors (Lipinski definition) is 5. The summed E-state index contributed by atoms with van der Waals surface area (Å²) in [6.45, 7) is 8.44. The van der Waals surface area contributed by atoms with Crippen molar-refractivity contribution in [2.24, 2.45) is 5.92 Å². The van der Waals surface area contributed by atoms with Crippen LogP contribution in [-0.2, 0) is 13.1 Å². The lowest BCUT2D eigenvalue weighted by atomic mass is 9.97. The summed E-state index contributed by atoms with van der Waals surface area (Å²) in [6, 6.07) is 8.59. The van der Waals surface area contributed by atoms with Crippen molar-refractivity contribution in [3.63, 3.8) is 0 Å². The van der Waals surface area contributed by atoms with Gasteiger partial charge in [0.1, 0.15) is 0 Å². The van der Waals surface area contributed by atoms with Crippen LogP contribution in [0.4, 0.5) is 5.69 Å². The van der Waals surface area contributed by atoms with E-state index in [-0.39, 0.29) is 0 Å². The van der Waals surface area contributed by atoms with Gasteiger partial charge in [0.05, 0.1) is 17.2 Å². The van der Waals surface area contributed by atoms with Gasteiger partial charge in [-0.05, 0) is 57.3 Å². The van der Waals surface area contributed by atoms with Crippen LogP contribution in [0.1, 0.15) is 34.0 Å². The van der Waals surface area contributed by atoms with Crippen molar-refractivity contribution in [2.75, 3.05) is 25.0 Å². The van der Waals surface area contributed by atoms with E-state index in [2.05, 4.69) is 53.3 Å². The Bertz CT molecular complexity index is 662. The molecule has 4 nitrogen and oxygen atoms in total. The molecule has 3 rings (SSSR count). The third-order valence-electron chi connectivity index (χ3n) is 4.82. The number of likely N-dealkylation sites (tertiary alicyclic amines) is 1. The predicted octanol–water partition coefficient (Wildman–Crippen LogP) is 3.58. The van der Waals surface area contributed by atoms with Crippen LogP contribution < -0.4 is 5.32 Å². The second kappa shape index (κ2) is 8.10. The molecule has 1 aromatic heterocycles. The molecule has 1 fully saturated rings. The molecule has 0 bridgehead atoms. The zero-order valence-corrected chi connectivity index (χ0v) is 15.4. The van der Waals surface area contributed by atoms with E-state index >= 15 is 0 Å². The number of rotatable bonds is 6. The summed E-state index contributed by atoms with van der Waals surface area (Å²) in [6.07, 6.45) is 2.21. The molecular weight excluding hydrogens is 318 g/mol. The minimum absolute atomic E-state index is 0.333. The molecule has 0 spiro atoms. The highest BCUT2D eigenvalue weighted by atomic mass is 32.1. The van der Waals surface area contributed by atoms with Gasteiger partial charge >= 0.3 is 0 Å². The highest BCUT2D eigenvalue weighted by Gasteiger charge is 2.19. The zero-order chi connectivity index (χ0) is 16.9. The van der Waals surface area contributed by atoms with Gasteiger partial charge in [-0.1, -0.05) is 18.2 Å². The summed E-state index contributed by atoms with van der Waals surface area (Å²) in [5.41, 5.74) is 3.69. The Morgan fingerprint density at radius 3 is 2.67 bits per heavy atom. The number of aliphatic hydroxyl groups is 1. The Labute approximate surface area is 148 Å². The van der Waals surface area contributed by atoms with Crippen LogP contribution in [0.25, 0.3) is 0 Å². The minimum Gasteiger partial charge on any atom is -0.396 e. The van der Waals surface area contributed by atoms with Crippen LogP contribution in [-0.4, -0.2) is 34.7 Å². The molecule has 1 saturated heterocycles. The molecule has 1 aliphatic rings. The molecule has 0 aliphatic carbocycles. The van der Waals surface area contributed by atoms with Crippen LogP contribution in [0.5, 0.6) is 0 Å². The first kappa shape index (κ1) is 17.4. The maximum absolute atomic E-state index is 9.28. The number of piperidine rings is 1. The summed E-state index contributed by atoms with van der Waals surface area (Å²) in [7, 11) is 0. The third kappa shape index (κ3) is 4.35. The molecule has 1 aromatic carbocycles. The molecule has 1 aliphatic heterocycles. The maximum atomic E-state index is 9.28. The fourth-order valence-corrected chi connectivity index (χ4v) is 4.19. The number of nitrogens with one attached hydrogen (secondary N) is 1. The summed E-state index contributed by atoms with van der Waals surface area (Å²) < 4.78 is 0. The first-order valence-electron chi connectivity index (χ1n) is 8.73. The zero-order valence-electron chi connectivity index (χ0n) is 14.6. The van der Waals surface area contributed by atoms with Gasteiger partial charge in [0.15, 0.2) is 0 Å². The van der Waals surface area contributed by atoms with Gasteiger partial charge in [-0.2, -0.15) is 0 Å². The molecule has 0 radical (unpaired) electrons. The number of anilines is 1. The second-order valence-electron chi connectivity index (χ2n) is 6.65. The molecule has 0 unspecified atom stereocenters. The van der Waals surface area contributed by atoms with Gasteiger partial charge in [-0.15, -0.1) is 11.3 Å². The van der Waals surface area contributed by atoms with E-state index in [0.29, 0.717) is 12.5 Å². The lowest BCUT2D eigenvalue weighted by Gasteiger charge is -2.31. The number of benzene rings is 1. The summed E-state index contributed by atoms with van der Waals surface area (Å²) in [5.74, 6) is 0.493. The number of nitrogens with zero attached hydrogens (tertiary/aromatic N) is 2. The number of para-hydroxylation sites is 1.